The number of imidazole rings is 1. The summed E-state index contributed by atoms with van der Waals surface area (Å²) in [5.74, 6) is 1.55. The first-order chi connectivity index (χ1) is 65.5. The molecular formula is C118H113BBr2N2O5P4PdS. The number of rotatable bonds is 21. The SMILES string of the molecule is O=CCC1CCC=C1Br.O=CCC1CCC=C1c1ccccc1.OB(O)c1ccccc1.OC1CCC=C1Br.S=c1[nH]cc(CC2CCC=C2c2ccccc2)[nH]1.[Pd].c1ccc(P(c2ccccc2)c2ccccc2)cc1.c1ccc(P(c2ccccc2)c2ccccc2)cc1.c1ccc(P(c2ccccc2)c2ccccc2)cc1.c1ccc(P(c2ccccc2)c2ccccc2)cc1. The largest absolute Gasteiger partial charge is 0.488 e. The van der Waals surface area contributed by atoms with Gasteiger partial charge in [-0.25, -0.2) is 0 Å². The van der Waals surface area contributed by atoms with Gasteiger partial charge in [-0.05, 0) is 215 Å². The van der Waals surface area contributed by atoms with Gasteiger partial charge in [0.15, 0.2) is 4.77 Å². The number of carbonyl (C=O) groups is 2. The molecule has 1 heterocycles. The van der Waals surface area contributed by atoms with Crippen LogP contribution in [0.25, 0.3) is 11.1 Å². The van der Waals surface area contributed by atoms with E-state index in [0.717, 1.165) is 62.0 Å². The molecule has 5 N–H and O–H groups in total. The Labute approximate surface area is 834 Å². The first-order valence-corrected chi connectivity index (χ1v) is 52.6. The van der Waals surface area contributed by atoms with Gasteiger partial charge in [0, 0.05) is 49.6 Å². The molecule has 0 saturated carbocycles. The number of carbonyl (C=O) groups excluding carboxylic acids is 2. The number of aliphatic hydroxyl groups excluding tert-OH is 1. The zero-order valence-electron chi connectivity index (χ0n) is 74.9. The molecule has 4 aliphatic rings. The molecule has 0 saturated heterocycles. The Hall–Kier alpha value is -10.7. The molecule has 0 spiro atoms. The van der Waals surface area contributed by atoms with Crippen molar-refractivity contribution in [2.24, 2.45) is 17.8 Å². The third-order valence-corrected chi connectivity index (χ3v) is 34.2. The monoisotopic (exact) mass is 2070 g/mol. The van der Waals surface area contributed by atoms with E-state index in [4.69, 9.17) is 27.4 Å². The van der Waals surface area contributed by atoms with Gasteiger partial charge >= 0.3 is 7.12 Å². The molecule has 1 aromatic heterocycles. The fourth-order valence-corrected chi connectivity index (χ4v) is 26.4. The van der Waals surface area contributed by atoms with Gasteiger partial charge in [0.05, 0.1) is 6.10 Å². The van der Waals surface area contributed by atoms with Crippen LogP contribution in [-0.4, -0.2) is 50.9 Å². The minimum absolute atomic E-state index is 0. The molecule has 16 aromatic rings. The second-order valence-electron chi connectivity index (χ2n) is 31.6. The molecule has 0 fully saturated rings. The average Bonchev–Trinajstić information content (AvgIpc) is 1.23. The van der Waals surface area contributed by atoms with Gasteiger partial charge in [-0.1, -0.05) is 511 Å². The first kappa shape index (κ1) is 104. The van der Waals surface area contributed by atoms with Crippen LogP contribution in [0.15, 0.2) is 494 Å². The van der Waals surface area contributed by atoms with Crippen molar-refractivity contribution in [3.63, 3.8) is 0 Å². The number of hydrogen-bond donors (Lipinski definition) is 5. The standard InChI is InChI=1S/4C18H15P.C15H16N2S.C13H14O.C7H9BrO.C6H7BO2.C5H7BrO.Pd/c4*1-4-10-16(11-5-1)19(17-12-6-2-7-13-17)18-14-8-3-9-15-18;18-15-16-10-13(17-15)9-12-7-4-8-14(12)11-5-2-1-3-6-11;14-10-9-12-7-4-8-13(12)11-5-2-1-3-6-11;8-7-3-1-2-6(7)4-5-9;8-7(9)6-4-2-1-3-5-6;6-4-2-1-3-5(4)7;/h4*1-15H;1-3,5-6,8,10,12H,4,7,9H2,(H2,16,17,18);1-3,5-6,8,10,12H,4,7,9H2;3,5-6H,1-2,4H2;1-5,8-9H;2,5,7H,1,3H2;. The maximum absolute atomic E-state index is 10.5. The number of aromatic nitrogens is 2. The minimum atomic E-state index is -1.34. The van der Waals surface area contributed by atoms with Crippen molar-refractivity contribution in [1.29, 1.82) is 0 Å². The molecule has 4 aliphatic carbocycles. The van der Waals surface area contributed by atoms with Gasteiger partial charge in [-0.2, -0.15) is 0 Å². The number of aromatic amines is 2. The van der Waals surface area contributed by atoms with Crippen LogP contribution in [0.4, 0.5) is 0 Å². The minimum Gasteiger partial charge on any atom is -0.423 e. The van der Waals surface area contributed by atoms with Gasteiger partial charge in [0.1, 0.15) is 12.6 Å². The molecule has 16 heteroatoms. The third kappa shape index (κ3) is 33.7. The fraction of sp³-hybridized carbons (Fsp3) is 0.127. The molecule has 15 aromatic carbocycles. The molecule has 134 heavy (non-hydrogen) atoms. The average molecular weight is 2070 g/mol. The van der Waals surface area contributed by atoms with E-state index >= 15 is 0 Å². The first-order valence-electron chi connectivity index (χ1n) is 45.3. The number of H-pyrrole nitrogens is 2. The van der Waals surface area contributed by atoms with Crippen molar-refractivity contribution in [2.45, 2.75) is 76.7 Å². The Morgan fingerprint density at radius 2 is 0.530 bits per heavy atom. The summed E-state index contributed by atoms with van der Waals surface area (Å²) in [5, 5.41) is 42.8. The Balaban J connectivity index is 0.000000147. The van der Waals surface area contributed by atoms with Crippen LogP contribution in [-0.2, 0) is 36.4 Å². The number of halogens is 2. The molecule has 20 rings (SSSR count). The smallest absolute Gasteiger partial charge is 0.423 e. The third-order valence-electron chi connectivity index (χ3n) is 22.3. The quantitative estimate of drug-likeness (QED) is 0.0211. The van der Waals surface area contributed by atoms with Gasteiger partial charge in [-0.3, -0.25) is 0 Å². The number of allylic oxidation sites excluding steroid dienone is 7. The van der Waals surface area contributed by atoms with Crippen LogP contribution in [0.1, 0.15) is 81.0 Å². The van der Waals surface area contributed by atoms with E-state index in [1.165, 1.54) is 109 Å². The van der Waals surface area contributed by atoms with Crippen LogP contribution in [0.3, 0.4) is 0 Å². The number of aliphatic hydroxyl groups is 1. The van der Waals surface area contributed by atoms with Crippen molar-refractivity contribution in [2.75, 3.05) is 0 Å². The van der Waals surface area contributed by atoms with Gasteiger partial charge < -0.3 is 34.7 Å². The number of nitrogens with one attached hydrogen (secondary N) is 2. The van der Waals surface area contributed by atoms with Crippen LogP contribution in [0, 0.1) is 22.5 Å². The van der Waals surface area contributed by atoms with E-state index in [2.05, 4.69) is 467 Å². The number of aldehydes is 2. The van der Waals surface area contributed by atoms with Crippen LogP contribution < -0.4 is 69.1 Å². The van der Waals surface area contributed by atoms with Gasteiger partial charge in [0.2, 0.25) is 0 Å². The summed E-state index contributed by atoms with van der Waals surface area (Å²) >= 11 is 11.7. The van der Waals surface area contributed by atoms with E-state index < -0.39 is 38.8 Å². The van der Waals surface area contributed by atoms with Crippen LogP contribution >= 0.6 is 75.8 Å². The van der Waals surface area contributed by atoms with Crippen molar-refractivity contribution in [3.05, 3.63) is 516 Å². The van der Waals surface area contributed by atoms with E-state index in [9.17, 15) is 9.59 Å². The summed E-state index contributed by atoms with van der Waals surface area (Å²) in [6, 6.07) is 159. The van der Waals surface area contributed by atoms with E-state index in [1.807, 2.05) is 36.5 Å². The van der Waals surface area contributed by atoms with Crippen LogP contribution in [0.2, 0.25) is 0 Å². The predicted octanol–water partition coefficient (Wildman–Crippen LogP) is 24.0. The second-order valence-corrected chi connectivity index (χ2v) is 42.7. The Kier molecular flexibility index (Phi) is 45.9. The van der Waals surface area contributed by atoms with Crippen molar-refractivity contribution in [1.82, 2.24) is 9.97 Å². The molecular weight excluding hydrogens is 1960 g/mol. The summed E-state index contributed by atoms with van der Waals surface area (Å²) < 4.78 is 2.88. The van der Waals surface area contributed by atoms with Gasteiger partial charge in [0.25, 0.3) is 0 Å². The second kappa shape index (κ2) is 59.2. The summed E-state index contributed by atoms with van der Waals surface area (Å²) in [6.45, 7) is 0. The summed E-state index contributed by atoms with van der Waals surface area (Å²) in [5.41, 5.74) is 7.20. The molecule has 7 nitrogen and oxygen atoms in total. The maximum Gasteiger partial charge on any atom is 0.488 e. The van der Waals surface area contributed by atoms with E-state index in [-0.39, 0.29) is 26.5 Å². The topological polar surface area (TPSA) is 126 Å². The summed E-state index contributed by atoms with van der Waals surface area (Å²) in [7, 11) is -3.13. The zero-order valence-corrected chi connectivity index (χ0v) is 84.1. The molecule has 0 bridgehead atoms. The van der Waals surface area contributed by atoms with E-state index in [1.54, 1.807) is 24.3 Å². The molecule has 0 aliphatic heterocycles. The molecule has 0 amide bonds. The predicted molar refractivity (Wildman–Crippen MR) is 584 cm³/mol. The number of benzene rings is 15. The Morgan fingerprint density at radius 1 is 0.306 bits per heavy atom. The van der Waals surface area contributed by atoms with Crippen molar-refractivity contribution in [3.8, 4) is 0 Å². The van der Waals surface area contributed by atoms with Crippen LogP contribution in [0.5, 0.6) is 0 Å². The van der Waals surface area contributed by atoms with Crippen molar-refractivity contribution >= 4 is 176 Å². The van der Waals surface area contributed by atoms with Gasteiger partial charge in [-0.15, -0.1) is 0 Å². The normalized spacial score (nSPS) is 14.6. The zero-order chi connectivity index (χ0) is 92.5. The maximum atomic E-state index is 10.5. The van der Waals surface area contributed by atoms with E-state index in [0.29, 0.717) is 40.8 Å². The van der Waals surface area contributed by atoms with Crippen molar-refractivity contribution < 1.29 is 45.2 Å². The molecule has 678 valence electrons. The molecule has 4 atom stereocenters. The Bertz CT molecular complexity index is 5300. The summed E-state index contributed by atoms with van der Waals surface area (Å²) in [6.07, 6.45) is 23.8. The summed E-state index contributed by atoms with van der Waals surface area (Å²) in [4.78, 5) is 26.8. The fourth-order valence-electron chi connectivity index (χ4n) is 15.9. The Morgan fingerprint density at radius 3 is 0.739 bits per heavy atom. The number of hydrogen-bond acceptors (Lipinski definition) is 6. The molecule has 4 unspecified atom stereocenters. The molecule has 0 radical (unpaired) electrons.